The molecule has 6 aromatic rings. The molecule has 4 heterocycles. The van der Waals surface area contributed by atoms with Gasteiger partial charge in [-0.1, -0.05) is 30.3 Å². The van der Waals surface area contributed by atoms with Crippen LogP contribution in [0.2, 0.25) is 0 Å². The number of hydrogen-bond donors (Lipinski definition) is 0. The van der Waals surface area contributed by atoms with Crippen molar-refractivity contribution in [2.45, 2.75) is 13.8 Å². The molecule has 0 fully saturated rings. The van der Waals surface area contributed by atoms with Crippen LogP contribution in [0.3, 0.4) is 0 Å². The molecule has 0 radical (unpaired) electrons. The maximum atomic E-state index is 6.31. The van der Waals surface area contributed by atoms with Gasteiger partial charge in [-0.05, 0) is 50.2 Å². The van der Waals surface area contributed by atoms with Crippen LogP contribution in [0.25, 0.3) is 33.2 Å². The van der Waals surface area contributed by atoms with E-state index < -0.39 is 0 Å². The number of rotatable bonds is 5. The van der Waals surface area contributed by atoms with Crippen molar-refractivity contribution in [2.24, 2.45) is 0 Å². The van der Waals surface area contributed by atoms with Gasteiger partial charge >= 0.3 is 0 Å². The molecule has 0 bridgehead atoms. The predicted molar refractivity (Wildman–Crippen MR) is 156 cm³/mol. The second-order valence-electron chi connectivity index (χ2n) is 9.94. The molecule has 0 atom stereocenters. The van der Waals surface area contributed by atoms with Crippen molar-refractivity contribution in [3.8, 4) is 22.9 Å². The van der Waals surface area contributed by atoms with Gasteiger partial charge in [0, 0.05) is 60.4 Å². The summed E-state index contributed by atoms with van der Waals surface area (Å²) in [6, 6.07) is 26.8. The predicted octanol–water partition coefficient (Wildman–Crippen LogP) is 6.95. The summed E-state index contributed by atoms with van der Waals surface area (Å²) < 4.78 is 10.6. The number of aryl methyl sites for hydroxylation is 1. The molecule has 0 N–H and O–H groups in total. The molecule has 0 amide bonds. The average Bonchev–Trinajstić information content (AvgIpc) is 3.62. The molecule has 1 aliphatic heterocycles. The monoisotopic (exact) mass is 512 g/mol. The second-order valence-corrected chi connectivity index (χ2v) is 9.94. The fourth-order valence-corrected chi connectivity index (χ4v) is 5.50. The lowest BCUT2D eigenvalue weighted by molar-refractivity contribution is 0.480. The molecular weight excluding hydrogens is 484 g/mol. The van der Waals surface area contributed by atoms with Gasteiger partial charge in [0.25, 0.3) is 0 Å². The normalized spacial score (nSPS) is 13.2. The first kappa shape index (κ1) is 23.1. The highest BCUT2D eigenvalue weighted by molar-refractivity contribution is 6.08. The van der Waals surface area contributed by atoms with Crippen LogP contribution in [-0.4, -0.2) is 37.9 Å². The molecule has 0 unspecified atom stereocenters. The number of aromatic nitrogens is 4. The molecule has 7 nitrogen and oxygen atoms in total. The van der Waals surface area contributed by atoms with Gasteiger partial charge in [-0.3, -0.25) is 4.98 Å². The van der Waals surface area contributed by atoms with E-state index in [1.54, 1.807) is 0 Å². The summed E-state index contributed by atoms with van der Waals surface area (Å²) in [6.45, 7) is 5.01. The minimum absolute atomic E-state index is 0.760. The van der Waals surface area contributed by atoms with Crippen molar-refractivity contribution in [1.82, 2.24) is 24.2 Å². The highest BCUT2D eigenvalue weighted by atomic mass is 16.5. The minimum atomic E-state index is 0.760. The van der Waals surface area contributed by atoms with Crippen LogP contribution < -0.4 is 9.64 Å². The lowest BCUT2D eigenvalue weighted by Gasteiger charge is -2.19. The van der Waals surface area contributed by atoms with E-state index in [9.17, 15) is 0 Å². The fraction of sp³-hybridized carbons (Fsp3) is 0.125. The van der Waals surface area contributed by atoms with Gasteiger partial charge in [0.2, 0.25) is 0 Å². The molecule has 0 saturated carbocycles. The van der Waals surface area contributed by atoms with Gasteiger partial charge in [0.05, 0.1) is 40.5 Å². The summed E-state index contributed by atoms with van der Waals surface area (Å²) >= 11 is 0. The number of hydrogen-bond acceptors (Lipinski definition) is 5. The van der Waals surface area contributed by atoms with Gasteiger partial charge < -0.3 is 19.1 Å². The third-order valence-electron chi connectivity index (χ3n) is 7.27. The van der Waals surface area contributed by atoms with E-state index >= 15 is 0 Å². The van der Waals surface area contributed by atoms with Gasteiger partial charge in [-0.15, -0.1) is 0 Å². The quantitative estimate of drug-likeness (QED) is 0.250. The topological polar surface area (TPSA) is 51.4 Å². The van der Waals surface area contributed by atoms with Gasteiger partial charge in [-0.25, -0.2) is 4.68 Å². The summed E-state index contributed by atoms with van der Waals surface area (Å²) in [5.41, 5.74) is 7.38. The Morgan fingerprint density at radius 1 is 0.769 bits per heavy atom. The van der Waals surface area contributed by atoms with Crippen LogP contribution in [-0.2, 0) is 0 Å². The Bertz CT molecular complexity index is 1830. The van der Waals surface area contributed by atoms with Crippen molar-refractivity contribution >= 4 is 27.5 Å². The van der Waals surface area contributed by atoms with Gasteiger partial charge in [-0.2, -0.15) is 5.10 Å². The summed E-state index contributed by atoms with van der Waals surface area (Å²) in [4.78, 5) is 8.71. The van der Waals surface area contributed by atoms with E-state index in [0.717, 1.165) is 63.0 Å². The second kappa shape index (κ2) is 9.06. The van der Waals surface area contributed by atoms with Crippen molar-refractivity contribution in [1.29, 1.82) is 0 Å². The maximum absolute atomic E-state index is 6.31. The Labute approximate surface area is 226 Å². The molecule has 1 aliphatic rings. The third kappa shape index (κ3) is 3.90. The van der Waals surface area contributed by atoms with Gasteiger partial charge in [0.1, 0.15) is 11.5 Å². The first-order chi connectivity index (χ1) is 19.1. The zero-order valence-electron chi connectivity index (χ0n) is 22.1. The Hall–Kier alpha value is -5.04. The smallest absolute Gasteiger partial charge is 0.129 e. The Morgan fingerprint density at radius 3 is 2.31 bits per heavy atom. The zero-order chi connectivity index (χ0) is 26.5. The number of para-hydroxylation sites is 1. The molecular formula is C32H28N6O. The van der Waals surface area contributed by atoms with Crippen LogP contribution in [0.5, 0.6) is 11.5 Å². The summed E-state index contributed by atoms with van der Waals surface area (Å²) in [7, 11) is 2.06. The molecule has 7 heteroatoms. The molecule has 0 saturated heterocycles. The molecule has 0 spiro atoms. The Morgan fingerprint density at radius 2 is 1.51 bits per heavy atom. The lowest BCUT2D eigenvalue weighted by atomic mass is 10.2. The van der Waals surface area contributed by atoms with Crippen molar-refractivity contribution in [3.05, 3.63) is 115 Å². The van der Waals surface area contributed by atoms with Crippen molar-refractivity contribution < 1.29 is 4.74 Å². The SMILES string of the molecule is Cc1nn(-c2cccc(Oc3cccc(N4C=CN(C)C4)c3)c2)c(C)c1-n1c2ccccc2c2cnccc21. The summed E-state index contributed by atoms with van der Waals surface area (Å²) in [5.74, 6) is 1.55. The number of nitrogens with zero attached hydrogens (tertiary/aromatic N) is 6. The zero-order valence-corrected chi connectivity index (χ0v) is 22.1. The van der Waals surface area contributed by atoms with E-state index in [2.05, 4.69) is 101 Å². The number of pyridine rings is 1. The van der Waals surface area contributed by atoms with Crippen LogP contribution in [0.1, 0.15) is 11.4 Å². The largest absolute Gasteiger partial charge is 0.457 e. The molecule has 7 rings (SSSR count). The number of benzene rings is 3. The van der Waals surface area contributed by atoms with E-state index in [4.69, 9.17) is 9.84 Å². The molecule has 192 valence electrons. The van der Waals surface area contributed by atoms with E-state index in [1.165, 1.54) is 5.39 Å². The maximum Gasteiger partial charge on any atom is 0.129 e. The number of fused-ring (bicyclic) bond motifs is 3. The fourth-order valence-electron chi connectivity index (χ4n) is 5.50. The van der Waals surface area contributed by atoms with Crippen LogP contribution in [0, 0.1) is 13.8 Å². The lowest BCUT2D eigenvalue weighted by Crippen LogP contribution is -2.21. The van der Waals surface area contributed by atoms with E-state index in [0.29, 0.717) is 0 Å². The average molecular weight is 513 g/mol. The Balaban J connectivity index is 1.26. The van der Waals surface area contributed by atoms with Crippen LogP contribution >= 0.6 is 0 Å². The van der Waals surface area contributed by atoms with Crippen molar-refractivity contribution in [3.63, 3.8) is 0 Å². The third-order valence-corrected chi connectivity index (χ3v) is 7.27. The van der Waals surface area contributed by atoms with Gasteiger partial charge in [0.15, 0.2) is 0 Å². The summed E-state index contributed by atoms with van der Waals surface area (Å²) in [5, 5.41) is 7.29. The first-order valence-electron chi connectivity index (χ1n) is 13.0. The highest BCUT2D eigenvalue weighted by Crippen LogP contribution is 2.35. The highest BCUT2D eigenvalue weighted by Gasteiger charge is 2.20. The van der Waals surface area contributed by atoms with E-state index in [-0.39, 0.29) is 0 Å². The minimum Gasteiger partial charge on any atom is -0.457 e. The molecule has 39 heavy (non-hydrogen) atoms. The summed E-state index contributed by atoms with van der Waals surface area (Å²) in [6.07, 6.45) is 7.93. The molecule has 3 aromatic carbocycles. The number of ether oxygens (including phenoxy) is 1. The standard InChI is InChI=1S/C32H28N6O/c1-22-32(37-30-13-5-4-12-28(30)29-20-33-15-14-31(29)37)23(2)38(34-22)25-9-7-11-27(19-25)39-26-10-6-8-24(18-26)36-17-16-35(3)21-36/h4-20H,21H2,1-3H3. The molecule has 3 aromatic heterocycles. The number of anilines is 1. The van der Waals surface area contributed by atoms with Crippen molar-refractivity contribution in [2.75, 3.05) is 18.6 Å². The van der Waals surface area contributed by atoms with Crippen LogP contribution in [0.15, 0.2) is 104 Å². The first-order valence-corrected chi connectivity index (χ1v) is 13.0. The molecule has 0 aliphatic carbocycles. The Kier molecular flexibility index (Phi) is 5.37. The van der Waals surface area contributed by atoms with E-state index in [1.807, 2.05) is 47.4 Å². The van der Waals surface area contributed by atoms with Crippen LogP contribution in [0.4, 0.5) is 5.69 Å².